The van der Waals surface area contributed by atoms with Crippen molar-refractivity contribution in [3.63, 3.8) is 0 Å². The van der Waals surface area contributed by atoms with Gasteiger partial charge >= 0.3 is 0 Å². The molecule has 0 saturated heterocycles. The van der Waals surface area contributed by atoms with E-state index in [-0.39, 0.29) is 11.7 Å². The zero-order chi connectivity index (χ0) is 15.2. The summed E-state index contributed by atoms with van der Waals surface area (Å²) in [5, 5.41) is 0. The van der Waals surface area contributed by atoms with Crippen molar-refractivity contribution in [1.29, 1.82) is 0 Å². The van der Waals surface area contributed by atoms with Crippen LogP contribution in [0.2, 0.25) is 0 Å². The van der Waals surface area contributed by atoms with E-state index in [4.69, 9.17) is 0 Å². The van der Waals surface area contributed by atoms with Crippen molar-refractivity contribution in [2.45, 2.75) is 37.0 Å². The Bertz CT molecular complexity index is 762. The first-order valence-corrected chi connectivity index (χ1v) is 7.93. The summed E-state index contributed by atoms with van der Waals surface area (Å²) in [7, 11) is 0. The van der Waals surface area contributed by atoms with Crippen molar-refractivity contribution in [1.82, 2.24) is 0 Å². The van der Waals surface area contributed by atoms with Gasteiger partial charge in [0.2, 0.25) is 0 Å². The minimum absolute atomic E-state index is 0.0948. The Balaban J connectivity index is 1.78. The van der Waals surface area contributed by atoms with Gasteiger partial charge in [-0.05, 0) is 47.9 Å². The van der Waals surface area contributed by atoms with Crippen molar-refractivity contribution >= 4 is 12.1 Å². The molecule has 2 heteroatoms. The van der Waals surface area contributed by atoms with Gasteiger partial charge < -0.3 is 4.79 Å². The summed E-state index contributed by atoms with van der Waals surface area (Å²) in [6, 6.07) is 16.1. The lowest BCUT2D eigenvalue weighted by atomic mass is 9.73. The van der Waals surface area contributed by atoms with Gasteiger partial charge in [0.15, 0.2) is 5.78 Å². The molecule has 0 N–H and O–H groups in total. The largest absolute Gasteiger partial charge is 0.302 e. The molecule has 2 aromatic rings. The van der Waals surface area contributed by atoms with Gasteiger partial charge in [-0.1, -0.05) is 48.5 Å². The highest BCUT2D eigenvalue weighted by Crippen LogP contribution is 2.45. The van der Waals surface area contributed by atoms with E-state index < -0.39 is 5.41 Å². The zero-order valence-electron chi connectivity index (χ0n) is 12.4. The van der Waals surface area contributed by atoms with Crippen LogP contribution in [0.1, 0.15) is 41.0 Å². The van der Waals surface area contributed by atoms with Crippen LogP contribution in [0, 0.1) is 0 Å². The number of hydrogen-bond donors (Lipinski definition) is 0. The van der Waals surface area contributed by atoms with Crippen LogP contribution in [0.25, 0.3) is 0 Å². The van der Waals surface area contributed by atoms with Gasteiger partial charge in [-0.25, -0.2) is 0 Å². The Morgan fingerprint density at radius 2 is 1.73 bits per heavy atom. The number of aryl methyl sites for hydroxylation is 2. The molecule has 22 heavy (non-hydrogen) atoms. The smallest absolute Gasteiger partial charge is 0.157 e. The maximum Gasteiger partial charge on any atom is 0.157 e. The number of rotatable bonds is 3. The van der Waals surface area contributed by atoms with E-state index in [1.165, 1.54) is 5.56 Å². The molecule has 2 atom stereocenters. The summed E-state index contributed by atoms with van der Waals surface area (Å²) in [4.78, 5) is 25.3. The van der Waals surface area contributed by atoms with Crippen LogP contribution in [0.15, 0.2) is 48.5 Å². The molecule has 2 aromatic carbocycles. The third-order valence-electron chi connectivity index (χ3n) is 5.38. The molecule has 2 aliphatic carbocycles. The highest BCUT2D eigenvalue weighted by Gasteiger charge is 2.48. The van der Waals surface area contributed by atoms with E-state index in [2.05, 4.69) is 6.07 Å². The lowest BCUT2D eigenvalue weighted by molar-refractivity contribution is -0.130. The second-order valence-electron chi connectivity index (χ2n) is 6.40. The monoisotopic (exact) mass is 290 g/mol. The molecule has 0 radical (unpaired) electrons. The molecule has 0 saturated carbocycles. The molecular weight excluding hydrogens is 272 g/mol. The molecule has 110 valence electrons. The van der Waals surface area contributed by atoms with Gasteiger partial charge in [-0.2, -0.15) is 0 Å². The Hall–Kier alpha value is -2.22. The van der Waals surface area contributed by atoms with E-state index >= 15 is 0 Å². The van der Waals surface area contributed by atoms with Crippen LogP contribution in [0.3, 0.4) is 0 Å². The van der Waals surface area contributed by atoms with Crippen molar-refractivity contribution in [2.24, 2.45) is 0 Å². The molecule has 0 fully saturated rings. The number of benzene rings is 2. The topological polar surface area (TPSA) is 34.1 Å². The van der Waals surface area contributed by atoms with Crippen LogP contribution in [0.4, 0.5) is 0 Å². The van der Waals surface area contributed by atoms with Gasteiger partial charge in [0, 0.05) is 5.92 Å². The number of carbonyl (C=O) groups excluding carboxylic acids is 2. The normalized spacial score (nSPS) is 25.5. The first kappa shape index (κ1) is 13.4. The molecule has 2 nitrogen and oxygen atoms in total. The van der Waals surface area contributed by atoms with Crippen molar-refractivity contribution in [3.8, 4) is 0 Å². The van der Waals surface area contributed by atoms with E-state index in [9.17, 15) is 9.59 Å². The molecule has 0 amide bonds. The van der Waals surface area contributed by atoms with Gasteiger partial charge in [0.05, 0.1) is 0 Å². The van der Waals surface area contributed by atoms with Crippen LogP contribution in [0.5, 0.6) is 0 Å². The lowest BCUT2D eigenvalue weighted by Crippen LogP contribution is -2.38. The van der Waals surface area contributed by atoms with Gasteiger partial charge in [-0.15, -0.1) is 0 Å². The van der Waals surface area contributed by atoms with Crippen molar-refractivity contribution < 1.29 is 9.59 Å². The number of fused-ring (bicyclic) bond motifs is 2. The molecule has 0 aromatic heterocycles. The van der Waals surface area contributed by atoms with Crippen LogP contribution in [-0.4, -0.2) is 12.1 Å². The second-order valence-corrected chi connectivity index (χ2v) is 6.40. The molecule has 0 spiro atoms. The fourth-order valence-corrected chi connectivity index (χ4v) is 4.22. The molecule has 0 heterocycles. The minimum Gasteiger partial charge on any atom is -0.302 e. The third-order valence-corrected chi connectivity index (χ3v) is 5.38. The fraction of sp³-hybridized carbons (Fsp3) is 0.300. The van der Waals surface area contributed by atoms with Gasteiger partial charge in [0.1, 0.15) is 11.7 Å². The number of hydrogen-bond acceptors (Lipinski definition) is 2. The van der Waals surface area contributed by atoms with E-state index in [0.29, 0.717) is 6.42 Å². The highest BCUT2D eigenvalue weighted by atomic mass is 16.1. The number of ketones is 1. The first-order chi connectivity index (χ1) is 10.8. The number of Topliss-reactive ketones (excluding diaryl/α,β-unsaturated/α-hetero) is 1. The highest BCUT2D eigenvalue weighted by molar-refractivity contribution is 6.08. The van der Waals surface area contributed by atoms with E-state index in [1.54, 1.807) is 0 Å². The van der Waals surface area contributed by atoms with Gasteiger partial charge in [-0.3, -0.25) is 4.79 Å². The Morgan fingerprint density at radius 1 is 1.00 bits per heavy atom. The minimum atomic E-state index is -0.932. The zero-order valence-corrected chi connectivity index (χ0v) is 12.4. The summed E-state index contributed by atoms with van der Waals surface area (Å²) in [5.74, 6) is -0.0371. The quantitative estimate of drug-likeness (QED) is 0.641. The molecule has 0 aliphatic heterocycles. The van der Waals surface area contributed by atoms with Crippen LogP contribution in [-0.2, 0) is 27.8 Å². The van der Waals surface area contributed by atoms with Gasteiger partial charge in [0.25, 0.3) is 0 Å². The SMILES string of the molecule is O=CC1(C(=O)C2CCc3ccccc32)CCc2ccccc21. The number of carbonyl (C=O) groups is 2. The average molecular weight is 290 g/mol. The maximum atomic E-state index is 13.3. The third kappa shape index (κ3) is 1.73. The van der Waals surface area contributed by atoms with E-state index in [1.807, 2.05) is 42.5 Å². The summed E-state index contributed by atoms with van der Waals surface area (Å²) >= 11 is 0. The van der Waals surface area contributed by atoms with E-state index in [0.717, 1.165) is 42.2 Å². The Kier molecular flexibility index (Phi) is 3.00. The number of aldehydes is 1. The fourth-order valence-electron chi connectivity index (χ4n) is 4.22. The summed E-state index contributed by atoms with van der Waals surface area (Å²) in [6.07, 6.45) is 4.10. The summed E-state index contributed by atoms with van der Waals surface area (Å²) < 4.78 is 0. The summed E-state index contributed by atoms with van der Waals surface area (Å²) in [5.41, 5.74) is 3.53. The molecular formula is C20H18O2. The molecule has 2 aliphatic rings. The summed E-state index contributed by atoms with van der Waals surface area (Å²) in [6.45, 7) is 0. The molecule has 4 rings (SSSR count). The molecule has 0 bridgehead atoms. The first-order valence-electron chi connectivity index (χ1n) is 7.93. The van der Waals surface area contributed by atoms with Crippen LogP contribution >= 0.6 is 0 Å². The second kappa shape index (κ2) is 4.91. The Labute approximate surface area is 130 Å². The average Bonchev–Trinajstić information content (AvgIpc) is 3.17. The predicted molar refractivity (Wildman–Crippen MR) is 85.0 cm³/mol. The molecule has 2 unspecified atom stereocenters. The van der Waals surface area contributed by atoms with Crippen LogP contribution < -0.4 is 0 Å². The maximum absolute atomic E-state index is 13.3. The van der Waals surface area contributed by atoms with Crippen molar-refractivity contribution in [3.05, 3.63) is 70.8 Å². The predicted octanol–water partition coefficient (Wildman–Crippen LogP) is 3.37. The van der Waals surface area contributed by atoms with Crippen molar-refractivity contribution in [2.75, 3.05) is 0 Å². The lowest BCUT2D eigenvalue weighted by Gasteiger charge is -2.26. The standard InChI is InChI=1S/C20H18O2/c21-13-20(12-11-15-6-2-4-8-18(15)20)19(22)17-10-9-14-5-1-3-7-16(14)17/h1-8,13,17H,9-12H2. The Morgan fingerprint density at radius 3 is 2.55 bits per heavy atom.